The molecule has 4 nitrogen and oxygen atoms in total. The number of carbonyl (C=O) groups excluding carboxylic acids is 1. The Kier molecular flexibility index (Phi) is 4.51. The summed E-state index contributed by atoms with van der Waals surface area (Å²) in [5.74, 6) is 0.472. The van der Waals surface area contributed by atoms with Gasteiger partial charge in [-0.05, 0) is 42.3 Å². The monoisotopic (exact) mass is 369 g/mol. The Hall–Kier alpha value is -2.24. The number of benzene rings is 2. The van der Waals surface area contributed by atoms with E-state index < -0.39 is 0 Å². The molecule has 0 atom stereocenters. The summed E-state index contributed by atoms with van der Waals surface area (Å²) in [6.07, 6.45) is 4.56. The minimum atomic E-state index is 0.112. The standard InChI is InChI=1S/C19H16ClN3OS/c20-15-5-7-16(8-6-15)22-12-10-21-19(22)25-13-18(24)23-11-9-14-3-1-2-4-17(14)23/h1-8,10,12H,9,11,13H2. The Labute approximate surface area is 155 Å². The van der Waals surface area contributed by atoms with E-state index in [-0.39, 0.29) is 5.91 Å². The summed E-state index contributed by atoms with van der Waals surface area (Å²) in [5, 5.41) is 1.49. The predicted octanol–water partition coefficient (Wildman–Crippen LogP) is 4.21. The third kappa shape index (κ3) is 3.30. The van der Waals surface area contributed by atoms with Gasteiger partial charge in [0, 0.05) is 35.3 Å². The number of halogens is 1. The lowest BCUT2D eigenvalue weighted by molar-refractivity contribution is -0.116. The van der Waals surface area contributed by atoms with E-state index in [2.05, 4.69) is 11.1 Å². The second-order valence-electron chi connectivity index (χ2n) is 5.77. The number of amides is 1. The van der Waals surface area contributed by atoms with Gasteiger partial charge in [-0.2, -0.15) is 0 Å². The van der Waals surface area contributed by atoms with Crippen molar-refractivity contribution in [1.82, 2.24) is 9.55 Å². The Bertz CT molecular complexity index is 907. The molecule has 1 aliphatic rings. The van der Waals surface area contributed by atoms with Crippen LogP contribution in [0.1, 0.15) is 5.56 Å². The second-order valence-corrected chi connectivity index (χ2v) is 7.15. The molecule has 25 heavy (non-hydrogen) atoms. The average molecular weight is 370 g/mol. The minimum absolute atomic E-state index is 0.112. The topological polar surface area (TPSA) is 38.1 Å². The van der Waals surface area contributed by atoms with E-state index in [4.69, 9.17) is 11.6 Å². The van der Waals surface area contributed by atoms with Gasteiger partial charge in [0.1, 0.15) is 0 Å². The lowest BCUT2D eigenvalue weighted by Crippen LogP contribution is -2.30. The Morgan fingerprint density at radius 3 is 2.80 bits per heavy atom. The fourth-order valence-corrected chi connectivity index (χ4v) is 3.97. The summed E-state index contributed by atoms with van der Waals surface area (Å²) in [6.45, 7) is 0.754. The van der Waals surface area contributed by atoms with Crippen LogP contribution in [0, 0.1) is 0 Å². The molecule has 4 rings (SSSR count). The maximum absolute atomic E-state index is 12.6. The van der Waals surface area contributed by atoms with E-state index >= 15 is 0 Å². The molecular formula is C19H16ClN3OS. The van der Waals surface area contributed by atoms with Crippen LogP contribution in [0.5, 0.6) is 0 Å². The van der Waals surface area contributed by atoms with Gasteiger partial charge >= 0.3 is 0 Å². The molecule has 0 N–H and O–H groups in total. The molecule has 126 valence electrons. The van der Waals surface area contributed by atoms with Gasteiger partial charge in [-0.25, -0.2) is 4.98 Å². The van der Waals surface area contributed by atoms with Crippen molar-refractivity contribution in [2.75, 3.05) is 17.2 Å². The van der Waals surface area contributed by atoms with E-state index in [1.54, 1.807) is 6.20 Å². The first kappa shape index (κ1) is 16.2. The maximum atomic E-state index is 12.6. The molecule has 1 aromatic heterocycles. The molecule has 0 spiro atoms. The van der Waals surface area contributed by atoms with Crippen molar-refractivity contribution in [3.05, 3.63) is 71.5 Å². The molecule has 0 unspecified atom stereocenters. The molecule has 0 saturated carbocycles. The zero-order valence-corrected chi connectivity index (χ0v) is 15.0. The van der Waals surface area contributed by atoms with Gasteiger partial charge in [0.05, 0.1) is 5.75 Å². The molecule has 2 aromatic carbocycles. The second kappa shape index (κ2) is 6.94. The molecule has 2 heterocycles. The Morgan fingerprint density at radius 2 is 1.96 bits per heavy atom. The lowest BCUT2D eigenvalue weighted by Gasteiger charge is -2.17. The molecule has 0 radical (unpaired) electrons. The number of thioether (sulfide) groups is 1. The number of carbonyl (C=O) groups is 1. The molecule has 0 bridgehead atoms. The number of hydrogen-bond donors (Lipinski definition) is 0. The Balaban J connectivity index is 1.47. The summed E-state index contributed by atoms with van der Waals surface area (Å²) in [5.41, 5.74) is 3.25. The van der Waals surface area contributed by atoms with Crippen LogP contribution >= 0.6 is 23.4 Å². The summed E-state index contributed by atoms with van der Waals surface area (Å²) in [6, 6.07) is 15.7. The van der Waals surface area contributed by atoms with Crippen LogP contribution in [0.15, 0.2) is 66.1 Å². The summed E-state index contributed by atoms with van der Waals surface area (Å²) < 4.78 is 1.96. The first-order valence-electron chi connectivity index (χ1n) is 8.03. The quantitative estimate of drug-likeness (QED) is 0.647. The summed E-state index contributed by atoms with van der Waals surface area (Å²) in [7, 11) is 0. The van der Waals surface area contributed by atoms with Crippen molar-refractivity contribution in [1.29, 1.82) is 0 Å². The number of nitrogens with zero attached hydrogens (tertiary/aromatic N) is 3. The van der Waals surface area contributed by atoms with Gasteiger partial charge in [-0.3, -0.25) is 9.36 Å². The van der Waals surface area contributed by atoms with Crippen LogP contribution in [-0.2, 0) is 11.2 Å². The van der Waals surface area contributed by atoms with Crippen molar-refractivity contribution < 1.29 is 4.79 Å². The van der Waals surface area contributed by atoms with E-state index in [1.165, 1.54) is 17.3 Å². The van der Waals surface area contributed by atoms with E-state index in [1.807, 2.05) is 58.1 Å². The minimum Gasteiger partial charge on any atom is -0.311 e. The number of fused-ring (bicyclic) bond motifs is 1. The van der Waals surface area contributed by atoms with Crippen LogP contribution in [-0.4, -0.2) is 27.8 Å². The van der Waals surface area contributed by atoms with Crippen LogP contribution in [0.3, 0.4) is 0 Å². The van der Waals surface area contributed by atoms with Crippen molar-refractivity contribution in [2.45, 2.75) is 11.6 Å². The lowest BCUT2D eigenvalue weighted by atomic mass is 10.2. The van der Waals surface area contributed by atoms with Crippen LogP contribution < -0.4 is 4.90 Å². The summed E-state index contributed by atoms with van der Waals surface area (Å²) >= 11 is 7.40. The predicted molar refractivity (Wildman–Crippen MR) is 102 cm³/mol. The maximum Gasteiger partial charge on any atom is 0.237 e. The molecule has 3 aromatic rings. The highest BCUT2D eigenvalue weighted by Gasteiger charge is 2.24. The van der Waals surface area contributed by atoms with Crippen LogP contribution in [0.4, 0.5) is 5.69 Å². The van der Waals surface area contributed by atoms with Crippen molar-refractivity contribution in [3.8, 4) is 5.69 Å². The number of hydrogen-bond acceptors (Lipinski definition) is 3. The molecule has 6 heteroatoms. The zero-order valence-electron chi connectivity index (χ0n) is 13.4. The first-order chi connectivity index (χ1) is 12.2. The number of rotatable bonds is 4. The highest BCUT2D eigenvalue weighted by atomic mass is 35.5. The molecule has 0 fully saturated rings. The Morgan fingerprint density at radius 1 is 1.16 bits per heavy atom. The normalized spacial score (nSPS) is 13.1. The van der Waals surface area contributed by atoms with Gasteiger partial charge in [0.2, 0.25) is 5.91 Å². The molecule has 1 aliphatic heterocycles. The van der Waals surface area contributed by atoms with Gasteiger partial charge in [0.15, 0.2) is 5.16 Å². The van der Waals surface area contributed by atoms with E-state index in [0.29, 0.717) is 10.8 Å². The third-order valence-electron chi connectivity index (χ3n) is 4.22. The molecule has 1 amide bonds. The summed E-state index contributed by atoms with van der Waals surface area (Å²) in [4.78, 5) is 18.9. The van der Waals surface area contributed by atoms with Gasteiger partial charge < -0.3 is 4.90 Å². The fraction of sp³-hybridized carbons (Fsp3) is 0.158. The van der Waals surface area contributed by atoms with Crippen LogP contribution in [0.25, 0.3) is 5.69 Å². The molecule has 0 aliphatic carbocycles. The largest absolute Gasteiger partial charge is 0.311 e. The number of imidazole rings is 1. The number of para-hydroxylation sites is 1. The highest BCUT2D eigenvalue weighted by molar-refractivity contribution is 7.99. The van der Waals surface area contributed by atoms with Crippen molar-refractivity contribution in [3.63, 3.8) is 0 Å². The van der Waals surface area contributed by atoms with Crippen molar-refractivity contribution >= 4 is 35.0 Å². The number of aromatic nitrogens is 2. The van der Waals surface area contributed by atoms with Gasteiger partial charge in [0.25, 0.3) is 0 Å². The molecule has 0 saturated heterocycles. The van der Waals surface area contributed by atoms with Crippen LogP contribution in [0.2, 0.25) is 5.02 Å². The fourth-order valence-electron chi connectivity index (χ4n) is 3.00. The highest BCUT2D eigenvalue weighted by Crippen LogP contribution is 2.29. The van der Waals surface area contributed by atoms with E-state index in [0.717, 1.165) is 29.5 Å². The van der Waals surface area contributed by atoms with Gasteiger partial charge in [-0.15, -0.1) is 0 Å². The zero-order chi connectivity index (χ0) is 17.2. The smallest absolute Gasteiger partial charge is 0.237 e. The SMILES string of the molecule is O=C(CSc1nccn1-c1ccc(Cl)cc1)N1CCc2ccccc21. The first-order valence-corrected chi connectivity index (χ1v) is 9.39. The van der Waals surface area contributed by atoms with Crippen molar-refractivity contribution in [2.24, 2.45) is 0 Å². The average Bonchev–Trinajstić information content (AvgIpc) is 3.27. The van der Waals surface area contributed by atoms with Gasteiger partial charge in [-0.1, -0.05) is 41.6 Å². The van der Waals surface area contributed by atoms with E-state index in [9.17, 15) is 4.79 Å². The molecular weight excluding hydrogens is 354 g/mol. The number of anilines is 1. The third-order valence-corrected chi connectivity index (χ3v) is 5.43.